The largest absolute Gasteiger partial charge is 0.356 e. The van der Waals surface area contributed by atoms with Gasteiger partial charge < -0.3 is 15.5 Å². The molecule has 0 saturated carbocycles. The molecular formula is C19H24FIN4OS. The lowest BCUT2D eigenvalue weighted by Gasteiger charge is -2.27. The number of nitrogens with one attached hydrogen (secondary N) is 2. The first-order valence-electron chi connectivity index (χ1n) is 8.67. The molecule has 1 aliphatic heterocycles. The summed E-state index contributed by atoms with van der Waals surface area (Å²) in [6.07, 6.45) is 1.69. The molecule has 0 radical (unpaired) electrons. The first kappa shape index (κ1) is 21.6. The molecule has 2 aromatic rings. The molecule has 0 atom stereocenters. The second-order valence-electron chi connectivity index (χ2n) is 6.16. The summed E-state index contributed by atoms with van der Waals surface area (Å²) in [6.45, 7) is 2.33. The highest BCUT2D eigenvalue weighted by molar-refractivity contribution is 14.0. The fraction of sp³-hybridized carbons (Fsp3) is 0.368. The van der Waals surface area contributed by atoms with Crippen LogP contribution in [0.15, 0.2) is 40.7 Å². The van der Waals surface area contributed by atoms with Gasteiger partial charge in [0, 0.05) is 31.6 Å². The molecule has 2 N–H and O–H groups in total. The number of carbonyl (C=O) groups is 1. The van der Waals surface area contributed by atoms with Gasteiger partial charge in [0.05, 0.1) is 6.54 Å². The Morgan fingerprint density at radius 3 is 2.78 bits per heavy atom. The molecular weight excluding hydrogens is 478 g/mol. The zero-order valence-electron chi connectivity index (χ0n) is 15.2. The summed E-state index contributed by atoms with van der Waals surface area (Å²) in [7, 11) is 1.68. The van der Waals surface area contributed by atoms with Crippen molar-refractivity contribution in [1.29, 1.82) is 0 Å². The van der Waals surface area contributed by atoms with Gasteiger partial charge in [-0.25, -0.2) is 4.39 Å². The Balaban J connectivity index is 0.00000261. The number of nitrogens with zero attached hydrogens (tertiary/aromatic N) is 2. The lowest BCUT2D eigenvalue weighted by Crippen LogP contribution is -2.46. The van der Waals surface area contributed by atoms with Crippen LogP contribution in [0, 0.1) is 5.82 Å². The minimum Gasteiger partial charge on any atom is -0.356 e. The minimum atomic E-state index is -0.231. The number of thiophene rings is 1. The highest BCUT2D eigenvalue weighted by Crippen LogP contribution is 2.23. The topological polar surface area (TPSA) is 56.7 Å². The molecule has 1 aromatic heterocycles. The van der Waals surface area contributed by atoms with Crippen LogP contribution in [0.25, 0.3) is 0 Å². The van der Waals surface area contributed by atoms with E-state index in [9.17, 15) is 9.18 Å². The summed E-state index contributed by atoms with van der Waals surface area (Å²) in [6, 6.07) is 8.55. The summed E-state index contributed by atoms with van der Waals surface area (Å²) in [5.74, 6) is 0.432. The van der Waals surface area contributed by atoms with Crippen LogP contribution < -0.4 is 10.6 Å². The zero-order chi connectivity index (χ0) is 18.4. The van der Waals surface area contributed by atoms with Gasteiger partial charge in [-0.1, -0.05) is 12.1 Å². The maximum atomic E-state index is 12.9. The van der Waals surface area contributed by atoms with Gasteiger partial charge >= 0.3 is 0 Å². The third kappa shape index (κ3) is 6.17. The van der Waals surface area contributed by atoms with E-state index in [1.807, 2.05) is 4.90 Å². The number of amides is 1. The molecule has 1 aromatic carbocycles. The molecule has 146 valence electrons. The van der Waals surface area contributed by atoms with E-state index in [1.54, 1.807) is 30.5 Å². The van der Waals surface area contributed by atoms with Crippen molar-refractivity contribution in [2.45, 2.75) is 19.4 Å². The quantitative estimate of drug-likeness (QED) is 0.376. The van der Waals surface area contributed by atoms with Crippen LogP contribution in [-0.2, 0) is 24.2 Å². The lowest BCUT2D eigenvalue weighted by molar-refractivity contribution is -0.130. The molecule has 0 aliphatic carbocycles. The van der Waals surface area contributed by atoms with Crippen molar-refractivity contribution in [2.75, 3.05) is 26.7 Å². The number of hydrogen-bond donors (Lipinski definition) is 2. The molecule has 1 aliphatic rings. The van der Waals surface area contributed by atoms with Crippen LogP contribution in [0.3, 0.4) is 0 Å². The van der Waals surface area contributed by atoms with Crippen molar-refractivity contribution in [3.63, 3.8) is 0 Å². The first-order chi connectivity index (χ1) is 12.7. The maximum Gasteiger partial charge on any atom is 0.242 e. The van der Waals surface area contributed by atoms with Gasteiger partial charge in [0.2, 0.25) is 5.91 Å². The lowest BCUT2D eigenvalue weighted by atomic mass is 10.1. The van der Waals surface area contributed by atoms with Crippen molar-refractivity contribution in [2.24, 2.45) is 4.99 Å². The van der Waals surface area contributed by atoms with Crippen molar-refractivity contribution < 1.29 is 9.18 Å². The summed E-state index contributed by atoms with van der Waals surface area (Å²) in [4.78, 5) is 19.8. The number of aliphatic imine (C=N–C) groups is 1. The van der Waals surface area contributed by atoms with E-state index >= 15 is 0 Å². The highest BCUT2D eigenvalue weighted by Gasteiger charge is 2.21. The summed E-state index contributed by atoms with van der Waals surface area (Å²) >= 11 is 1.77. The number of rotatable bonds is 5. The Labute approximate surface area is 180 Å². The van der Waals surface area contributed by atoms with Crippen molar-refractivity contribution >= 4 is 47.2 Å². The molecule has 1 amide bonds. The summed E-state index contributed by atoms with van der Waals surface area (Å²) < 4.78 is 12.9. The number of carbonyl (C=O) groups excluding carboxylic acids is 1. The average Bonchev–Trinajstić information content (AvgIpc) is 3.13. The van der Waals surface area contributed by atoms with Gasteiger partial charge in [-0.2, -0.15) is 0 Å². The third-order valence-corrected chi connectivity index (χ3v) is 5.43. The van der Waals surface area contributed by atoms with Gasteiger partial charge in [-0.05, 0) is 47.5 Å². The van der Waals surface area contributed by atoms with Gasteiger partial charge in [-0.3, -0.25) is 9.79 Å². The number of halogens is 2. The monoisotopic (exact) mass is 502 g/mol. The number of guanidine groups is 1. The van der Waals surface area contributed by atoms with E-state index < -0.39 is 0 Å². The number of fused-ring (bicyclic) bond motifs is 1. The van der Waals surface area contributed by atoms with Crippen LogP contribution in [0.2, 0.25) is 0 Å². The minimum absolute atomic E-state index is 0. The fourth-order valence-corrected chi connectivity index (χ4v) is 3.82. The summed E-state index contributed by atoms with van der Waals surface area (Å²) in [5, 5.41) is 8.34. The van der Waals surface area contributed by atoms with E-state index in [1.165, 1.54) is 22.6 Å². The van der Waals surface area contributed by atoms with Crippen LogP contribution >= 0.6 is 35.3 Å². The van der Waals surface area contributed by atoms with E-state index in [2.05, 4.69) is 27.1 Å². The third-order valence-electron chi connectivity index (χ3n) is 4.41. The molecule has 0 spiro atoms. The fourth-order valence-electron chi connectivity index (χ4n) is 2.93. The molecule has 27 heavy (non-hydrogen) atoms. The van der Waals surface area contributed by atoms with E-state index in [0.717, 1.165) is 24.9 Å². The van der Waals surface area contributed by atoms with E-state index in [4.69, 9.17) is 0 Å². The predicted molar refractivity (Wildman–Crippen MR) is 118 cm³/mol. The van der Waals surface area contributed by atoms with E-state index in [0.29, 0.717) is 19.0 Å². The Morgan fingerprint density at radius 2 is 2.04 bits per heavy atom. The Bertz CT molecular complexity index is 778. The Kier molecular flexibility index (Phi) is 8.49. The van der Waals surface area contributed by atoms with Crippen LogP contribution in [0.5, 0.6) is 0 Å². The van der Waals surface area contributed by atoms with Crippen molar-refractivity contribution in [3.05, 3.63) is 57.5 Å². The molecule has 0 saturated heterocycles. The average molecular weight is 502 g/mol. The molecule has 3 rings (SSSR count). The van der Waals surface area contributed by atoms with E-state index in [-0.39, 0.29) is 42.2 Å². The summed E-state index contributed by atoms with van der Waals surface area (Å²) in [5.41, 5.74) is 2.31. The number of hydrogen-bond acceptors (Lipinski definition) is 3. The van der Waals surface area contributed by atoms with Crippen LogP contribution in [0.1, 0.15) is 16.0 Å². The second-order valence-corrected chi connectivity index (χ2v) is 7.16. The predicted octanol–water partition coefficient (Wildman–Crippen LogP) is 2.80. The SMILES string of the molecule is CN=C(NCCc1ccc(F)cc1)NCC(=O)N1CCc2sccc2C1.I. The van der Waals surface area contributed by atoms with Gasteiger partial charge in [0.1, 0.15) is 5.82 Å². The van der Waals surface area contributed by atoms with Crippen LogP contribution in [0.4, 0.5) is 4.39 Å². The number of benzene rings is 1. The molecule has 5 nitrogen and oxygen atoms in total. The smallest absolute Gasteiger partial charge is 0.242 e. The van der Waals surface area contributed by atoms with Gasteiger partial charge in [-0.15, -0.1) is 35.3 Å². The van der Waals surface area contributed by atoms with Gasteiger partial charge in [0.25, 0.3) is 0 Å². The normalized spacial score (nSPS) is 13.6. The van der Waals surface area contributed by atoms with Gasteiger partial charge in [0.15, 0.2) is 5.96 Å². The first-order valence-corrected chi connectivity index (χ1v) is 9.55. The molecule has 0 unspecified atom stereocenters. The maximum absolute atomic E-state index is 12.9. The Hall–Kier alpha value is -1.68. The van der Waals surface area contributed by atoms with Crippen molar-refractivity contribution in [1.82, 2.24) is 15.5 Å². The molecule has 0 bridgehead atoms. The second kappa shape index (κ2) is 10.6. The zero-order valence-corrected chi connectivity index (χ0v) is 18.4. The Morgan fingerprint density at radius 1 is 1.26 bits per heavy atom. The van der Waals surface area contributed by atoms with Crippen molar-refractivity contribution in [3.8, 4) is 0 Å². The molecule has 8 heteroatoms. The molecule has 0 fully saturated rings. The molecule has 2 heterocycles. The van der Waals surface area contributed by atoms with Crippen LogP contribution in [-0.4, -0.2) is 43.4 Å². The standard InChI is InChI=1S/C19H23FN4OS.HI/c1-21-19(22-9-6-14-2-4-16(20)5-3-14)23-12-18(25)24-10-7-17-15(13-24)8-11-26-17;/h2-5,8,11H,6-7,9-10,12-13H2,1H3,(H2,21,22,23);1H. The highest BCUT2D eigenvalue weighted by atomic mass is 127.